The zero-order valence-electron chi connectivity index (χ0n) is 17.2. The first-order valence-electron chi connectivity index (χ1n) is 10.4. The Morgan fingerprint density at radius 3 is 2.09 bits per heavy atom. The Kier molecular flexibility index (Phi) is 5.00. The molecule has 0 saturated heterocycles. The first kappa shape index (κ1) is 19.7. The van der Waals surface area contributed by atoms with Gasteiger partial charge in [-0.1, -0.05) is 48.6 Å². The summed E-state index contributed by atoms with van der Waals surface area (Å²) in [5, 5.41) is 30.0. The highest BCUT2D eigenvalue weighted by Gasteiger charge is 2.28. The summed E-state index contributed by atoms with van der Waals surface area (Å²) >= 11 is 0. The molecule has 2 atom stereocenters. The molecule has 158 valence electrons. The van der Waals surface area contributed by atoms with Gasteiger partial charge in [-0.3, -0.25) is 0 Å². The van der Waals surface area contributed by atoms with Crippen molar-refractivity contribution in [1.82, 2.24) is 9.97 Å². The van der Waals surface area contributed by atoms with Crippen molar-refractivity contribution >= 4 is 5.57 Å². The second-order valence-corrected chi connectivity index (χ2v) is 7.91. The SMILES string of the molecule is Oc1ccc(C2=CC(C(c3cnc[nH]3)c3cc(-c4ccc(O)cc4)ccc3O)C=C2)cc1. The van der Waals surface area contributed by atoms with Crippen molar-refractivity contribution in [3.63, 3.8) is 0 Å². The normalized spacial score (nSPS) is 16.1. The molecule has 0 amide bonds. The molecule has 4 aromatic rings. The lowest BCUT2D eigenvalue weighted by Crippen LogP contribution is -2.11. The van der Waals surface area contributed by atoms with Gasteiger partial charge < -0.3 is 20.3 Å². The van der Waals surface area contributed by atoms with E-state index < -0.39 is 0 Å². The molecule has 3 aromatic carbocycles. The maximum absolute atomic E-state index is 10.8. The molecule has 0 bridgehead atoms. The summed E-state index contributed by atoms with van der Waals surface area (Å²) in [6.45, 7) is 0. The van der Waals surface area contributed by atoms with Gasteiger partial charge in [-0.2, -0.15) is 0 Å². The lowest BCUT2D eigenvalue weighted by molar-refractivity contribution is 0.460. The summed E-state index contributed by atoms with van der Waals surface area (Å²) < 4.78 is 0. The molecule has 0 spiro atoms. The number of H-pyrrole nitrogens is 1. The van der Waals surface area contributed by atoms with Crippen LogP contribution >= 0.6 is 0 Å². The minimum Gasteiger partial charge on any atom is -0.508 e. The molecule has 1 heterocycles. The van der Waals surface area contributed by atoms with Gasteiger partial charge in [0.1, 0.15) is 17.2 Å². The molecule has 0 aliphatic heterocycles. The van der Waals surface area contributed by atoms with Gasteiger partial charge in [0.05, 0.1) is 6.33 Å². The van der Waals surface area contributed by atoms with E-state index in [0.29, 0.717) is 0 Å². The summed E-state index contributed by atoms with van der Waals surface area (Å²) in [6.07, 6.45) is 9.80. The second kappa shape index (κ2) is 8.12. The van der Waals surface area contributed by atoms with Crippen LogP contribution in [0.3, 0.4) is 0 Å². The summed E-state index contributed by atoms with van der Waals surface area (Å²) in [5.74, 6) is 0.498. The van der Waals surface area contributed by atoms with E-state index >= 15 is 0 Å². The summed E-state index contributed by atoms with van der Waals surface area (Å²) in [6, 6.07) is 19.7. The summed E-state index contributed by atoms with van der Waals surface area (Å²) in [5.41, 5.74) is 5.68. The third kappa shape index (κ3) is 3.76. The van der Waals surface area contributed by atoms with Crippen LogP contribution < -0.4 is 0 Å². The average Bonchev–Trinajstić information content (AvgIpc) is 3.50. The van der Waals surface area contributed by atoms with Gasteiger partial charge >= 0.3 is 0 Å². The molecule has 2 unspecified atom stereocenters. The van der Waals surface area contributed by atoms with Crippen molar-refractivity contribution in [2.24, 2.45) is 5.92 Å². The van der Waals surface area contributed by atoms with Gasteiger partial charge in [-0.05, 0) is 58.7 Å². The third-order valence-electron chi connectivity index (χ3n) is 5.87. The van der Waals surface area contributed by atoms with Crippen LogP contribution in [0.15, 0.2) is 97.5 Å². The van der Waals surface area contributed by atoms with Gasteiger partial charge in [-0.15, -0.1) is 0 Å². The number of nitrogens with zero attached hydrogens (tertiary/aromatic N) is 1. The highest BCUT2D eigenvalue weighted by molar-refractivity contribution is 5.77. The van der Waals surface area contributed by atoms with E-state index in [1.165, 1.54) is 0 Å². The number of phenols is 3. The van der Waals surface area contributed by atoms with Crippen molar-refractivity contribution in [3.05, 3.63) is 114 Å². The Balaban J connectivity index is 1.57. The van der Waals surface area contributed by atoms with Crippen LogP contribution in [-0.2, 0) is 0 Å². The van der Waals surface area contributed by atoms with E-state index in [-0.39, 0.29) is 29.1 Å². The number of aromatic hydroxyl groups is 3. The van der Waals surface area contributed by atoms with E-state index in [1.807, 2.05) is 36.4 Å². The smallest absolute Gasteiger partial charge is 0.119 e. The van der Waals surface area contributed by atoms with E-state index in [2.05, 4.69) is 28.2 Å². The molecule has 1 aliphatic carbocycles. The Morgan fingerprint density at radius 2 is 1.44 bits per heavy atom. The molecule has 1 aliphatic rings. The predicted molar refractivity (Wildman–Crippen MR) is 124 cm³/mol. The lowest BCUT2D eigenvalue weighted by Gasteiger charge is -2.22. The summed E-state index contributed by atoms with van der Waals surface area (Å²) in [4.78, 5) is 7.43. The number of hydrogen-bond donors (Lipinski definition) is 4. The zero-order chi connectivity index (χ0) is 22.1. The van der Waals surface area contributed by atoms with Crippen LogP contribution in [0, 0.1) is 5.92 Å². The Bertz CT molecular complexity index is 1290. The quantitative estimate of drug-likeness (QED) is 0.337. The lowest BCUT2D eigenvalue weighted by atomic mass is 9.82. The minimum atomic E-state index is -0.166. The van der Waals surface area contributed by atoms with Crippen LogP contribution in [0.4, 0.5) is 0 Å². The number of aromatic amines is 1. The highest BCUT2D eigenvalue weighted by Crippen LogP contribution is 2.42. The second-order valence-electron chi connectivity index (χ2n) is 7.91. The maximum atomic E-state index is 10.8. The predicted octanol–water partition coefficient (Wildman–Crippen LogP) is 5.60. The number of imidazole rings is 1. The number of allylic oxidation sites excluding steroid dienone is 4. The van der Waals surface area contributed by atoms with Gasteiger partial charge in [-0.25, -0.2) is 4.98 Å². The number of phenolic OH excluding ortho intramolecular Hbond substituents is 3. The largest absolute Gasteiger partial charge is 0.508 e. The van der Waals surface area contributed by atoms with Crippen molar-refractivity contribution < 1.29 is 15.3 Å². The zero-order valence-corrected chi connectivity index (χ0v) is 17.2. The van der Waals surface area contributed by atoms with Crippen LogP contribution in [0.5, 0.6) is 17.2 Å². The van der Waals surface area contributed by atoms with Crippen LogP contribution in [0.2, 0.25) is 0 Å². The number of rotatable bonds is 5. The summed E-state index contributed by atoms with van der Waals surface area (Å²) in [7, 11) is 0. The fraction of sp³-hybridized carbons (Fsp3) is 0.0741. The fourth-order valence-corrected chi connectivity index (χ4v) is 4.24. The van der Waals surface area contributed by atoms with Crippen molar-refractivity contribution in [2.45, 2.75) is 5.92 Å². The molecule has 0 saturated carbocycles. The topological polar surface area (TPSA) is 89.4 Å². The Labute approximate surface area is 185 Å². The maximum Gasteiger partial charge on any atom is 0.119 e. The molecule has 5 rings (SSSR count). The van der Waals surface area contributed by atoms with E-state index in [9.17, 15) is 15.3 Å². The first-order valence-corrected chi connectivity index (χ1v) is 10.4. The standard InChI is InChI=1S/C27H22N2O3/c30-22-8-3-17(4-9-22)19-1-2-21(13-19)27(25-15-28-16-29-25)24-14-20(7-12-26(24)32)18-5-10-23(31)11-6-18/h1-16,21,27,30-32H,(H,28,29). The molecule has 1 aromatic heterocycles. The number of aromatic nitrogens is 2. The molecular weight excluding hydrogens is 400 g/mol. The Hall–Kier alpha value is -4.25. The van der Waals surface area contributed by atoms with Crippen LogP contribution in [-0.4, -0.2) is 25.3 Å². The van der Waals surface area contributed by atoms with E-state index in [0.717, 1.165) is 33.5 Å². The monoisotopic (exact) mass is 422 g/mol. The van der Waals surface area contributed by atoms with Crippen LogP contribution in [0.1, 0.15) is 22.7 Å². The highest BCUT2D eigenvalue weighted by atomic mass is 16.3. The van der Waals surface area contributed by atoms with E-state index in [1.54, 1.807) is 42.9 Å². The molecule has 32 heavy (non-hydrogen) atoms. The van der Waals surface area contributed by atoms with Crippen LogP contribution in [0.25, 0.3) is 16.7 Å². The van der Waals surface area contributed by atoms with Crippen molar-refractivity contribution in [1.29, 1.82) is 0 Å². The molecular formula is C27H22N2O3. The molecule has 4 N–H and O–H groups in total. The number of hydrogen-bond acceptors (Lipinski definition) is 4. The third-order valence-corrected chi connectivity index (χ3v) is 5.87. The molecule has 5 nitrogen and oxygen atoms in total. The van der Waals surface area contributed by atoms with Crippen molar-refractivity contribution in [2.75, 3.05) is 0 Å². The fourth-order valence-electron chi connectivity index (χ4n) is 4.24. The van der Waals surface area contributed by atoms with E-state index in [4.69, 9.17) is 0 Å². The van der Waals surface area contributed by atoms with Crippen molar-refractivity contribution in [3.8, 4) is 28.4 Å². The first-order chi connectivity index (χ1) is 15.6. The Morgan fingerprint density at radius 1 is 0.781 bits per heavy atom. The minimum absolute atomic E-state index is 0.000205. The molecule has 0 fully saturated rings. The van der Waals surface area contributed by atoms with Gasteiger partial charge in [0.2, 0.25) is 0 Å². The van der Waals surface area contributed by atoms with Gasteiger partial charge in [0.25, 0.3) is 0 Å². The number of nitrogens with one attached hydrogen (secondary N) is 1. The van der Waals surface area contributed by atoms with Gasteiger partial charge in [0, 0.05) is 29.3 Å². The number of benzene rings is 3. The average molecular weight is 422 g/mol. The molecule has 0 radical (unpaired) electrons. The van der Waals surface area contributed by atoms with Gasteiger partial charge in [0.15, 0.2) is 0 Å². The molecule has 5 heteroatoms.